The fraction of sp³-hybridized carbons (Fsp3) is 0.182. The van der Waals surface area contributed by atoms with E-state index < -0.39 is 5.97 Å². The predicted molar refractivity (Wildman–Crippen MR) is 57.7 cm³/mol. The molecule has 0 aromatic carbocycles. The average Bonchev–Trinajstić information content (AvgIpc) is 2.38. The maximum Gasteiger partial charge on any atom is 0.309 e. The lowest BCUT2D eigenvalue weighted by molar-refractivity contribution is -0.752. The van der Waals surface area contributed by atoms with E-state index in [2.05, 4.69) is 15.1 Å². The van der Waals surface area contributed by atoms with E-state index in [1.54, 1.807) is 35.7 Å². The fourth-order valence-electron chi connectivity index (χ4n) is 1.33. The molecule has 0 amide bonds. The zero-order valence-corrected chi connectivity index (χ0v) is 10.2. The van der Waals surface area contributed by atoms with Crippen molar-refractivity contribution in [2.45, 2.75) is 13.0 Å². The summed E-state index contributed by atoms with van der Waals surface area (Å²) in [5, 5.41) is 12.7. The third-order valence-corrected chi connectivity index (χ3v) is 2.19. The Labute approximate surface area is 110 Å². The molecular formula is C11H11ClN4O2. The number of carbonyl (C=O) groups is 1. The van der Waals surface area contributed by atoms with Gasteiger partial charge in [0.05, 0.1) is 11.9 Å². The summed E-state index contributed by atoms with van der Waals surface area (Å²) in [6.07, 6.45) is 8.30. The summed E-state index contributed by atoms with van der Waals surface area (Å²) in [6.45, 7) is 0.357. The van der Waals surface area contributed by atoms with Gasteiger partial charge in [-0.15, -0.1) is 0 Å². The molecule has 2 aromatic heterocycles. The Balaban J connectivity index is 0.00000162. The van der Waals surface area contributed by atoms with Gasteiger partial charge in [-0.1, -0.05) is 4.68 Å². The monoisotopic (exact) mass is 266 g/mol. The van der Waals surface area contributed by atoms with E-state index in [1.165, 1.54) is 0 Å². The molecule has 2 rings (SSSR count). The molecule has 0 radical (unpaired) electrons. The first kappa shape index (κ1) is 14.0. The number of aliphatic carboxylic acids is 1. The molecule has 0 saturated heterocycles. The van der Waals surface area contributed by atoms with Gasteiger partial charge in [0.15, 0.2) is 12.7 Å². The van der Waals surface area contributed by atoms with E-state index in [0.29, 0.717) is 6.54 Å². The molecule has 0 fully saturated rings. The number of hydrogen-bond acceptors (Lipinski definition) is 4. The molecule has 6 nitrogen and oxygen atoms in total. The van der Waals surface area contributed by atoms with Crippen LogP contribution in [0.1, 0.15) is 6.42 Å². The van der Waals surface area contributed by atoms with Crippen molar-refractivity contribution in [1.82, 2.24) is 15.1 Å². The molecule has 2 aromatic rings. The molecule has 0 unspecified atom stereocenters. The van der Waals surface area contributed by atoms with E-state index in [4.69, 9.17) is 5.11 Å². The van der Waals surface area contributed by atoms with Crippen molar-refractivity contribution >= 4 is 5.97 Å². The van der Waals surface area contributed by atoms with E-state index in [9.17, 15) is 4.79 Å². The Hall–Kier alpha value is -2.08. The van der Waals surface area contributed by atoms with Gasteiger partial charge in [-0.05, 0) is 5.10 Å². The van der Waals surface area contributed by atoms with Crippen molar-refractivity contribution in [2.75, 3.05) is 0 Å². The van der Waals surface area contributed by atoms with Crippen LogP contribution in [0.4, 0.5) is 0 Å². The second-order valence-corrected chi connectivity index (χ2v) is 3.41. The molecule has 7 heteroatoms. The minimum absolute atomic E-state index is 0. The normalized spacial score (nSPS) is 9.56. The summed E-state index contributed by atoms with van der Waals surface area (Å²) in [4.78, 5) is 18.5. The highest BCUT2D eigenvalue weighted by molar-refractivity contribution is 5.66. The maximum atomic E-state index is 10.4. The van der Waals surface area contributed by atoms with Crippen LogP contribution >= 0.6 is 0 Å². The number of rotatable bonds is 4. The lowest BCUT2D eigenvalue weighted by atomic mass is 10.2. The van der Waals surface area contributed by atoms with Crippen molar-refractivity contribution in [2.24, 2.45) is 0 Å². The number of aryl methyl sites for hydroxylation is 1. The molecule has 0 spiro atoms. The zero-order valence-electron chi connectivity index (χ0n) is 9.40. The number of nitrogens with zero attached hydrogens (tertiary/aromatic N) is 4. The van der Waals surface area contributed by atoms with Gasteiger partial charge in [-0.3, -0.25) is 14.8 Å². The Morgan fingerprint density at radius 2 is 2.17 bits per heavy atom. The summed E-state index contributed by atoms with van der Waals surface area (Å²) >= 11 is 0. The van der Waals surface area contributed by atoms with E-state index >= 15 is 0 Å². The minimum atomic E-state index is -0.836. The van der Waals surface area contributed by atoms with Gasteiger partial charge in [0.1, 0.15) is 12.6 Å². The van der Waals surface area contributed by atoms with Gasteiger partial charge in [-0.25, -0.2) is 0 Å². The molecule has 0 aliphatic carbocycles. The summed E-state index contributed by atoms with van der Waals surface area (Å²) in [5.74, 6) is -0.836. The molecular weight excluding hydrogens is 256 g/mol. The van der Waals surface area contributed by atoms with Crippen LogP contribution in [0.3, 0.4) is 0 Å². The van der Waals surface area contributed by atoms with Crippen LogP contribution in [-0.2, 0) is 11.3 Å². The molecule has 0 aliphatic heterocycles. The summed E-state index contributed by atoms with van der Waals surface area (Å²) < 4.78 is 1.58. The Morgan fingerprint density at radius 3 is 2.72 bits per heavy atom. The largest absolute Gasteiger partial charge is 1.00 e. The van der Waals surface area contributed by atoms with Gasteiger partial charge < -0.3 is 17.5 Å². The molecule has 18 heavy (non-hydrogen) atoms. The zero-order chi connectivity index (χ0) is 12.1. The third kappa shape index (κ3) is 3.74. The van der Waals surface area contributed by atoms with E-state index in [1.807, 2.05) is 6.07 Å². The molecule has 0 bridgehead atoms. The highest BCUT2D eigenvalue weighted by atomic mass is 35.5. The summed E-state index contributed by atoms with van der Waals surface area (Å²) in [7, 11) is 0. The number of hydrogen-bond donors (Lipinski definition) is 1. The lowest BCUT2D eigenvalue weighted by Gasteiger charge is -1.97. The van der Waals surface area contributed by atoms with Gasteiger partial charge in [0, 0.05) is 24.0 Å². The third-order valence-electron chi connectivity index (χ3n) is 2.19. The van der Waals surface area contributed by atoms with Crippen LogP contribution in [-0.4, -0.2) is 26.1 Å². The average molecular weight is 267 g/mol. The van der Waals surface area contributed by atoms with Crippen LogP contribution in [0, 0.1) is 0 Å². The molecule has 0 atom stereocenters. The van der Waals surface area contributed by atoms with Crippen molar-refractivity contribution in [3.63, 3.8) is 0 Å². The van der Waals surface area contributed by atoms with E-state index in [-0.39, 0.29) is 18.8 Å². The van der Waals surface area contributed by atoms with Crippen LogP contribution < -0.4 is 17.1 Å². The van der Waals surface area contributed by atoms with Crippen LogP contribution in [0.5, 0.6) is 0 Å². The molecule has 0 saturated carbocycles. The van der Waals surface area contributed by atoms with Crippen molar-refractivity contribution in [3.8, 4) is 11.3 Å². The fourth-order valence-corrected chi connectivity index (χ4v) is 1.33. The molecule has 0 aliphatic rings. The van der Waals surface area contributed by atoms with Gasteiger partial charge in [0.25, 0.3) is 0 Å². The highest BCUT2D eigenvalue weighted by Crippen LogP contribution is 2.11. The van der Waals surface area contributed by atoms with Crippen LogP contribution in [0.2, 0.25) is 0 Å². The number of carboxylic acid groups (broad SMARTS) is 1. The van der Waals surface area contributed by atoms with Gasteiger partial charge in [0.2, 0.25) is 0 Å². The van der Waals surface area contributed by atoms with Crippen LogP contribution in [0.25, 0.3) is 11.3 Å². The second kappa shape index (κ2) is 6.61. The van der Waals surface area contributed by atoms with E-state index in [0.717, 1.165) is 11.3 Å². The topological polar surface area (TPSA) is 79.9 Å². The predicted octanol–water partition coefficient (Wildman–Crippen LogP) is -2.70. The summed E-state index contributed by atoms with van der Waals surface area (Å²) in [6, 6.07) is 1.83. The Bertz CT molecular complexity index is 504. The van der Waals surface area contributed by atoms with Crippen molar-refractivity contribution < 1.29 is 27.0 Å². The van der Waals surface area contributed by atoms with Crippen molar-refractivity contribution in [3.05, 3.63) is 37.1 Å². The molecule has 1 N–H and O–H groups in total. The molecule has 94 valence electrons. The second-order valence-electron chi connectivity index (χ2n) is 3.41. The molecule has 2 heterocycles. The first-order chi connectivity index (χ1) is 8.25. The number of aromatic nitrogens is 4. The Morgan fingerprint density at radius 1 is 1.33 bits per heavy atom. The highest BCUT2D eigenvalue weighted by Gasteiger charge is 2.07. The Kier molecular flexibility index (Phi) is 5.13. The summed E-state index contributed by atoms with van der Waals surface area (Å²) in [5.41, 5.74) is 1.59. The van der Waals surface area contributed by atoms with Crippen molar-refractivity contribution in [1.29, 1.82) is 0 Å². The lowest BCUT2D eigenvalue weighted by Crippen LogP contribution is -3.00. The SMILES string of the molecule is O=C(O)CC[n+]1ccc(-c2cnccn2)cn1.[Cl-]. The first-order valence-corrected chi connectivity index (χ1v) is 5.09. The smallest absolute Gasteiger partial charge is 0.309 e. The maximum absolute atomic E-state index is 10.4. The van der Waals surface area contributed by atoms with Gasteiger partial charge in [-0.2, -0.15) is 0 Å². The minimum Gasteiger partial charge on any atom is -1.00 e. The number of carboxylic acids is 1. The number of halogens is 1. The van der Waals surface area contributed by atoms with Crippen LogP contribution in [0.15, 0.2) is 37.1 Å². The van der Waals surface area contributed by atoms with Gasteiger partial charge >= 0.3 is 5.97 Å². The first-order valence-electron chi connectivity index (χ1n) is 5.09. The standard InChI is InChI=1S/C11H10N4O2.ClH/c16-11(17)2-6-15-5-1-9(7-14-15)10-8-12-3-4-13-10;/h1,3-5,7-8H,2,6H2;1H. The quantitative estimate of drug-likeness (QED) is 0.610.